The van der Waals surface area contributed by atoms with Crippen LogP contribution < -0.4 is 5.32 Å². The minimum atomic E-state index is -0.205. The smallest absolute Gasteiger partial charge is 0.123 e. The summed E-state index contributed by atoms with van der Waals surface area (Å²) in [5.74, 6) is -0.205. The van der Waals surface area contributed by atoms with E-state index in [-0.39, 0.29) is 11.4 Å². The van der Waals surface area contributed by atoms with Gasteiger partial charge in [-0.05, 0) is 50.6 Å². The maximum absolute atomic E-state index is 12.9. The first-order chi connectivity index (χ1) is 9.15. The number of nitrogens with zero attached hydrogens (tertiary/aromatic N) is 1. The highest BCUT2D eigenvalue weighted by Crippen LogP contribution is 2.28. The Kier molecular flexibility index (Phi) is 3.37. The quantitative estimate of drug-likeness (QED) is 0.926. The summed E-state index contributed by atoms with van der Waals surface area (Å²) >= 11 is 1.63. The largest absolute Gasteiger partial charge is 0.311 e. The van der Waals surface area contributed by atoms with Gasteiger partial charge in [0.1, 0.15) is 10.8 Å². The first kappa shape index (κ1) is 12.8. The molecule has 1 atom stereocenters. The number of nitrogens with one attached hydrogen (secondary N) is 1. The summed E-state index contributed by atoms with van der Waals surface area (Å²) in [6.07, 6.45) is 3.41. The molecule has 2 aromatic rings. The molecule has 1 aliphatic heterocycles. The molecule has 1 N–H and O–H groups in total. The van der Waals surface area contributed by atoms with E-state index in [1.165, 1.54) is 25.0 Å². The SMILES string of the molecule is CC1(Cc2csc(-c3ccc(F)cc3)n2)CCCN1. The summed E-state index contributed by atoms with van der Waals surface area (Å²) in [7, 11) is 0. The minimum Gasteiger partial charge on any atom is -0.311 e. The van der Waals surface area contributed by atoms with Gasteiger partial charge in [-0.1, -0.05) is 0 Å². The van der Waals surface area contributed by atoms with E-state index < -0.39 is 0 Å². The second-order valence-electron chi connectivity index (χ2n) is 5.42. The van der Waals surface area contributed by atoms with Crippen molar-refractivity contribution in [3.8, 4) is 10.6 Å². The fourth-order valence-electron chi connectivity index (χ4n) is 2.62. The first-order valence-corrected chi connectivity index (χ1v) is 7.48. The molecule has 2 nitrogen and oxygen atoms in total. The van der Waals surface area contributed by atoms with Crippen LogP contribution in [0, 0.1) is 5.82 Å². The molecule has 4 heteroatoms. The minimum absolute atomic E-state index is 0.189. The lowest BCUT2D eigenvalue weighted by molar-refractivity contribution is 0.409. The fourth-order valence-corrected chi connectivity index (χ4v) is 3.45. The fraction of sp³-hybridized carbons (Fsp3) is 0.400. The van der Waals surface area contributed by atoms with Crippen LogP contribution in [-0.4, -0.2) is 17.1 Å². The highest BCUT2D eigenvalue weighted by molar-refractivity contribution is 7.13. The normalized spacial score (nSPS) is 22.8. The zero-order valence-electron chi connectivity index (χ0n) is 10.9. The third kappa shape index (κ3) is 2.85. The zero-order chi connectivity index (χ0) is 13.3. The molecule has 0 radical (unpaired) electrons. The van der Waals surface area contributed by atoms with Crippen molar-refractivity contribution in [2.24, 2.45) is 0 Å². The summed E-state index contributed by atoms with van der Waals surface area (Å²) in [6.45, 7) is 3.36. The lowest BCUT2D eigenvalue weighted by Gasteiger charge is -2.22. The number of halogens is 1. The Labute approximate surface area is 116 Å². The number of benzene rings is 1. The van der Waals surface area contributed by atoms with Crippen LogP contribution >= 0.6 is 11.3 Å². The van der Waals surface area contributed by atoms with Gasteiger partial charge < -0.3 is 5.32 Å². The molecule has 1 fully saturated rings. The van der Waals surface area contributed by atoms with E-state index in [0.717, 1.165) is 29.2 Å². The van der Waals surface area contributed by atoms with E-state index >= 15 is 0 Å². The van der Waals surface area contributed by atoms with Crippen molar-refractivity contribution in [1.82, 2.24) is 10.3 Å². The van der Waals surface area contributed by atoms with E-state index in [1.807, 2.05) is 0 Å². The summed E-state index contributed by atoms with van der Waals surface area (Å²) < 4.78 is 12.9. The third-order valence-corrected chi connectivity index (χ3v) is 4.61. The van der Waals surface area contributed by atoms with Crippen LogP contribution in [0.5, 0.6) is 0 Å². The molecule has 2 heterocycles. The van der Waals surface area contributed by atoms with Crippen LogP contribution in [0.1, 0.15) is 25.5 Å². The van der Waals surface area contributed by atoms with Gasteiger partial charge in [0.2, 0.25) is 0 Å². The molecular weight excluding hydrogens is 259 g/mol. The highest BCUT2D eigenvalue weighted by atomic mass is 32.1. The molecule has 1 saturated heterocycles. The van der Waals surface area contributed by atoms with E-state index in [9.17, 15) is 4.39 Å². The van der Waals surface area contributed by atoms with E-state index in [2.05, 4.69) is 22.6 Å². The van der Waals surface area contributed by atoms with Gasteiger partial charge in [0.15, 0.2) is 0 Å². The Morgan fingerprint density at radius 1 is 1.37 bits per heavy atom. The number of hydrogen-bond donors (Lipinski definition) is 1. The zero-order valence-corrected chi connectivity index (χ0v) is 11.8. The first-order valence-electron chi connectivity index (χ1n) is 6.60. The molecular formula is C15H17FN2S. The number of thiazole rings is 1. The Bertz CT molecular complexity index is 556. The van der Waals surface area contributed by atoms with Crippen molar-refractivity contribution in [2.45, 2.75) is 31.7 Å². The molecule has 1 aromatic carbocycles. The highest BCUT2D eigenvalue weighted by Gasteiger charge is 2.28. The van der Waals surface area contributed by atoms with Crippen LogP contribution in [-0.2, 0) is 6.42 Å². The van der Waals surface area contributed by atoms with Crippen molar-refractivity contribution in [1.29, 1.82) is 0 Å². The molecule has 0 spiro atoms. The van der Waals surface area contributed by atoms with Crippen LogP contribution in [0.4, 0.5) is 4.39 Å². The molecule has 0 amide bonds. The Hall–Kier alpha value is -1.26. The maximum atomic E-state index is 12.9. The Morgan fingerprint density at radius 3 is 2.84 bits per heavy atom. The third-order valence-electron chi connectivity index (χ3n) is 3.67. The standard InChI is InChI=1S/C15H17FN2S/c1-15(7-2-8-17-15)9-13-10-19-14(18-13)11-3-5-12(16)6-4-11/h3-6,10,17H,2,7-9H2,1H3. The van der Waals surface area contributed by atoms with Crippen LogP contribution in [0.15, 0.2) is 29.6 Å². The predicted molar refractivity (Wildman–Crippen MR) is 76.9 cm³/mol. The van der Waals surface area contributed by atoms with Crippen LogP contribution in [0.3, 0.4) is 0 Å². The van der Waals surface area contributed by atoms with Crippen LogP contribution in [0.2, 0.25) is 0 Å². The molecule has 0 aliphatic carbocycles. The topological polar surface area (TPSA) is 24.9 Å². The second kappa shape index (κ2) is 5.02. The molecule has 0 saturated carbocycles. The van der Waals surface area contributed by atoms with E-state index in [0.29, 0.717) is 0 Å². The average molecular weight is 276 g/mol. The van der Waals surface area contributed by atoms with Gasteiger partial charge in [-0.25, -0.2) is 9.37 Å². The average Bonchev–Trinajstić information content (AvgIpc) is 3.00. The van der Waals surface area contributed by atoms with Crippen molar-refractivity contribution in [3.05, 3.63) is 41.2 Å². The molecule has 3 rings (SSSR count). The van der Waals surface area contributed by atoms with E-state index in [4.69, 9.17) is 0 Å². The van der Waals surface area contributed by atoms with Crippen molar-refractivity contribution < 1.29 is 4.39 Å². The second-order valence-corrected chi connectivity index (χ2v) is 6.28. The lowest BCUT2D eigenvalue weighted by atomic mass is 9.95. The number of aromatic nitrogens is 1. The Balaban J connectivity index is 1.77. The molecule has 1 aliphatic rings. The molecule has 19 heavy (non-hydrogen) atoms. The van der Waals surface area contributed by atoms with Crippen molar-refractivity contribution in [3.63, 3.8) is 0 Å². The van der Waals surface area contributed by atoms with Gasteiger partial charge in [-0.15, -0.1) is 11.3 Å². The van der Waals surface area contributed by atoms with Crippen molar-refractivity contribution in [2.75, 3.05) is 6.54 Å². The number of hydrogen-bond acceptors (Lipinski definition) is 3. The number of rotatable bonds is 3. The monoisotopic (exact) mass is 276 g/mol. The van der Waals surface area contributed by atoms with Gasteiger partial charge in [-0.3, -0.25) is 0 Å². The van der Waals surface area contributed by atoms with Gasteiger partial charge in [0.05, 0.1) is 5.69 Å². The Morgan fingerprint density at radius 2 is 2.16 bits per heavy atom. The molecule has 1 aromatic heterocycles. The van der Waals surface area contributed by atoms with Crippen LogP contribution in [0.25, 0.3) is 10.6 Å². The molecule has 100 valence electrons. The van der Waals surface area contributed by atoms with Gasteiger partial charge >= 0.3 is 0 Å². The van der Waals surface area contributed by atoms with Gasteiger partial charge in [-0.2, -0.15) is 0 Å². The van der Waals surface area contributed by atoms with Crippen molar-refractivity contribution >= 4 is 11.3 Å². The summed E-state index contributed by atoms with van der Waals surface area (Å²) in [4.78, 5) is 4.67. The predicted octanol–water partition coefficient (Wildman–Crippen LogP) is 3.63. The molecule has 0 bridgehead atoms. The lowest BCUT2D eigenvalue weighted by Crippen LogP contribution is -2.38. The molecule has 1 unspecified atom stereocenters. The van der Waals surface area contributed by atoms with Gasteiger partial charge in [0.25, 0.3) is 0 Å². The summed E-state index contributed by atoms with van der Waals surface area (Å²) in [5.41, 5.74) is 2.30. The van der Waals surface area contributed by atoms with Gasteiger partial charge in [0, 0.05) is 22.9 Å². The summed E-state index contributed by atoms with van der Waals surface area (Å²) in [6, 6.07) is 6.54. The van der Waals surface area contributed by atoms with E-state index in [1.54, 1.807) is 23.5 Å². The summed E-state index contributed by atoms with van der Waals surface area (Å²) in [5, 5.41) is 6.64. The maximum Gasteiger partial charge on any atom is 0.123 e.